The summed E-state index contributed by atoms with van der Waals surface area (Å²) in [5, 5.41) is 16.6. The molecule has 0 bridgehead atoms. The number of hydrogen-bond donors (Lipinski definition) is 2. The minimum atomic E-state index is 0.283. The molecule has 0 aromatic carbocycles. The van der Waals surface area contributed by atoms with Gasteiger partial charge in [0, 0.05) is 13.2 Å². The van der Waals surface area contributed by atoms with Gasteiger partial charge in [0.15, 0.2) is 0 Å². The smallest absolute Gasteiger partial charge is 0.0431 e. The summed E-state index contributed by atoms with van der Waals surface area (Å²) < 4.78 is 0. The molecule has 2 heteroatoms. The first-order chi connectivity index (χ1) is 6.18. The maximum Gasteiger partial charge on any atom is 0.0431 e. The molecule has 0 fully saturated rings. The van der Waals surface area contributed by atoms with Gasteiger partial charge in [0.25, 0.3) is 0 Å². The maximum absolute atomic E-state index is 8.30. The van der Waals surface area contributed by atoms with E-state index < -0.39 is 0 Å². The van der Waals surface area contributed by atoms with E-state index in [0.717, 1.165) is 25.7 Å². The highest BCUT2D eigenvalue weighted by Gasteiger charge is 1.84. The van der Waals surface area contributed by atoms with Crippen LogP contribution in [0.15, 0.2) is 11.6 Å². The molecular formula is C11H24O2. The molecule has 0 saturated heterocycles. The van der Waals surface area contributed by atoms with E-state index in [0.29, 0.717) is 0 Å². The fraction of sp³-hybridized carbons (Fsp3) is 0.818. The van der Waals surface area contributed by atoms with E-state index in [4.69, 9.17) is 10.2 Å². The fourth-order valence-corrected chi connectivity index (χ4v) is 0.577. The van der Waals surface area contributed by atoms with Gasteiger partial charge < -0.3 is 10.2 Å². The minimum absolute atomic E-state index is 0.283. The second-order valence-corrected chi connectivity index (χ2v) is 3.23. The van der Waals surface area contributed by atoms with Crippen molar-refractivity contribution >= 4 is 0 Å². The summed E-state index contributed by atoms with van der Waals surface area (Å²) >= 11 is 0. The van der Waals surface area contributed by atoms with Crippen LogP contribution in [0.4, 0.5) is 0 Å². The standard InChI is InChI=1S/C6H14O2.C5H10/c7-5-3-1-2-4-6-8;1-4-5(2)3/h7-8H,1-6H2;4H,1-3H3. The fourth-order valence-electron chi connectivity index (χ4n) is 0.577. The third kappa shape index (κ3) is 24.5. The van der Waals surface area contributed by atoms with Crippen molar-refractivity contribution in [3.63, 3.8) is 0 Å². The van der Waals surface area contributed by atoms with Gasteiger partial charge in [-0.1, -0.05) is 24.5 Å². The molecule has 2 N–H and O–H groups in total. The number of allylic oxidation sites excluding steroid dienone is 2. The van der Waals surface area contributed by atoms with E-state index in [-0.39, 0.29) is 13.2 Å². The number of unbranched alkanes of at least 4 members (excludes halogenated alkanes) is 3. The highest BCUT2D eigenvalue weighted by Crippen LogP contribution is 1.96. The van der Waals surface area contributed by atoms with Gasteiger partial charge in [0.05, 0.1) is 0 Å². The van der Waals surface area contributed by atoms with Gasteiger partial charge in [-0.3, -0.25) is 0 Å². The first-order valence-electron chi connectivity index (χ1n) is 5.00. The second-order valence-electron chi connectivity index (χ2n) is 3.23. The summed E-state index contributed by atoms with van der Waals surface area (Å²) in [7, 11) is 0. The van der Waals surface area contributed by atoms with Gasteiger partial charge >= 0.3 is 0 Å². The van der Waals surface area contributed by atoms with E-state index in [1.54, 1.807) is 0 Å². The van der Waals surface area contributed by atoms with Crippen LogP contribution in [0.1, 0.15) is 46.5 Å². The monoisotopic (exact) mass is 188 g/mol. The Hall–Kier alpha value is -0.340. The zero-order valence-corrected chi connectivity index (χ0v) is 9.21. The Bertz CT molecular complexity index is 98.7. The third-order valence-corrected chi connectivity index (χ3v) is 1.64. The van der Waals surface area contributed by atoms with Crippen LogP contribution >= 0.6 is 0 Å². The number of hydrogen-bond acceptors (Lipinski definition) is 2. The molecule has 0 aliphatic heterocycles. The highest BCUT2D eigenvalue weighted by atomic mass is 16.3. The summed E-state index contributed by atoms with van der Waals surface area (Å²) in [5.74, 6) is 0. The lowest BCUT2D eigenvalue weighted by Crippen LogP contribution is -1.85. The summed E-state index contributed by atoms with van der Waals surface area (Å²) in [6.45, 7) is 6.77. The summed E-state index contributed by atoms with van der Waals surface area (Å²) in [6, 6.07) is 0. The Kier molecular flexibility index (Phi) is 16.5. The Labute approximate surface area is 82.3 Å². The van der Waals surface area contributed by atoms with Crippen molar-refractivity contribution in [2.24, 2.45) is 0 Å². The molecule has 0 atom stereocenters. The lowest BCUT2D eigenvalue weighted by molar-refractivity contribution is 0.265. The van der Waals surface area contributed by atoms with E-state index in [1.807, 2.05) is 6.92 Å². The molecule has 80 valence electrons. The van der Waals surface area contributed by atoms with Crippen molar-refractivity contribution in [3.05, 3.63) is 11.6 Å². The Morgan fingerprint density at radius 2 is 1.23 bits per heavy atom. The van der Waals surface area contributed by atoms with Crippen LogP contribution in [0.25, 0.3) is 0 Å². The van der Waals surface area contributed by atoms with Gasteiger partial charge in [-0.05, 0) is 33.6 Å². The van der Waals surface area contributed by atoms with Crippen molar-refractivity contribution in [1.29, 1.82) is 0 Å². The summed E-state index contributed by atoms with van der Waals surface area (Å²) in [6.07, 6.45) is 5.91. The molecule has 0 aromatic heterocycles. The van der Waals surface area contributed by atoms with E-state index >= 15 is 0 Å². The first-order valence-corrected chi connectivity index (χ1v) is 5.00. The first kappa shape index (κ1) is 15.1. The molecule has 0 aromatic rings. The molecule has 0 radical (unpaired) electrons. The van der Waals surface area contributed by atoms with Crippen molar-refractivity contribution in [3.8, 4) is 0 Å². The summed E-state index contributed by atoms with van der Waals surface area (Å²) in [4.78, 5) is 0. The molecule has 0 aliphatic carbocycles. The molecule has 0 heterocycles. The normalized spacial score (nSPS) is 8.69. The van der Waals surface area contributed by atoms with Gasteiger partial charge in [-0.15, -0.1) is 0 Å². The predicted molar refractivity (Wildman–Crippen MR) is 57.7 cm³/mol. The van der Waals surface area contributed by atoms with Crippen molar-refractivity contribution in [2.75, 3.05) is 13.2 Å². The van der Waals surface area contributed by atoms with E-state index in [9.17, 15) is 0 Å². The van der Waals surface area contributed by atoms with Crippen LogP contribution in [0.2, 0.25) is 0 Å². The van der Waals surface area contributed by atoms with Crippen LogP contribution in [0, 0.1) is 0 Å². The largest absolute Gasteiger partial charge is 0.396 e. The number of aliphatic hydroxyl groups excluding tert-OH is 2. The predicted octanol–water partition coefficient (Wildman–Crippen LogP) is 2.50. The van der Waals surface area contributed by atoms with Crippen molar-refractivity contribution in [1.82, 2.24) is 0 Å². The van der Waals surface area contributed by atoms with Crippen LogP contribution in [0.3, 0.4) is 0 Å². The third-order valence-electron chi connectivity index (χ3n) is 1.64. The van der Waals surface area contributed by atoms with Crippen molar-refractivity contribution in [2.45, 2.75) is 46.5 Å². The van der Waals surface area contributed by atoms with Crippen LogP contribution in [-0.4, -0.2) is 23.4 Å². The lowest BCUT2D eigenvalue weighted by Gasteiger charge is -1.93. The molecule has 2 nitrogen and oxygen atoms in total. The van der Waals surface area contributed by atoms with E-state index in [2.05, 4.69) is 19.9 Å². The quantitative estimate of drug-likeness (QED) is 0.514. The zero-order valence-electron chi connectivity index (χ0n) is 9.21. The topological polar surface area (TPSA) is 40.5 Å². The number of aliphatic hydroxyl groups is 2. The molecule has 0 unspecified atom stereocenters. The minimum Gasteiger partial charge on any atom is -0.396 e. The van der Waals surface area contributed by atoms with Gasteiger partial charge in [-0.2, -0.15) is 0 Å². The van der Waals surface area contributed by atoms with Crippen LogP contribution in [-0.2, 0) is 0 Å². The Morgan fingerprint density at radius 1 is 0.923 bits per heavy atom. The average molecular weight is 188 g/mol. The molecule has 0 saturated carbocycles. The molecule has 13 heavy (non-hydrogen) atoms. The van der Waals surface area contributed by atoms with Crippen molar-refractivity contribution < 1.29 is 10.2 Å². The van der Waals surface area contributed by atoms with Gasteiger partial charge in [0.1, 0.15) is 0 Å². The SMILES string of the molecule is CC=C(C)C.OCCCCCCO. The maximum atomic E-state index is 8.30. The van der Waals surface area contributed by atoms with Gasteiger partial charge in [0.2, 0.25) is 0 Å². The Balaban J connectivity index is 0. The zero-order chi connectivity index (χ0) is 10.5. The molecule has 0 rings (SSSR count). The highest BCUT2D eigenvalue weighted by molar-refractivity contribution is 4.88. The molecule has 0 spiro atoms. The van der Waals surface area contributed by atoms with Crippen LogP contribution < -0.4 is 0 Å². The number of rotatable bonds is 5. The molecular weight excluding hydrogens is 164 g/mol. The van der Waals surface area contributed by atoms with Gasteiger partial charge in [-0.25, -0.2) is 0 Å². The molecule has 0 amide bonds. The van der Waals surface area contributed by atoms with E-state index in [1.165, 1.54) is 5.57 Å². The average Bonchev–Trinajstić information content (AvgIpc) is 2.14. The molecule has 0 aliphatic rings. The Morgan fingerprint density at radius 3 is 1.38 bits per heavy atom. The lowest BCUT2D eigenvalue weighted by atomic mass is 10.2. The second kappa shape index (κ2) is 14.2. The van der Waals surface area contributed by atoms with Crippen LogP contribution in [0.5, 0.6) is 0 Å². The summed E-state index contributed by atoms with van der Waals surface area (Å²) in [5.41, 5.74) is 1.38.